The summed E-state index contributed by atoms with van der Waals surface area (Å²) in [6.45, 7) is 3.29. The van der Waals surface area contributed by atoms with E-state index in [0.29, 0.717) is 36.5 Å². The third-order valence-electron chi connectivity index (χ3n) is 13.3. The van der Waals surface area contributed by atoms with Crippen molar-refractivity contribution in [2.45, 2.75) is 127 Å². The smallest absolute Gasteiger partial charge is 0.231 e. The lowest BCUT2D eigenvalue weighted by molar-refractivity contribution is 0.206. The predicted octanol–water partition coefficient (Wildman–Crippen LogP) is 8.84. The number of sulfonamides is 2. The Balaban J connectivity index is 0.000000441. The van der Waals surface area contributed by atoms with Crippen molar-refractivity contribution in [3.63, 3.8) is 0 Å². The Morgan fingerprint density at radius 3 is 1.20 bits per heavy atom. The molecule has 2 aliphatic heterocycles. The van der Waals surface area contributed by atoms with Crippen LogP contribution in [0.25, 0.3) is 0 Å². The van der Waals surface area contributed by atoms with Crippen LogP contribution >= 0.6 is 49.6 Å². The maximum Gasteiger partial charge on any atom is 0.231 e. The Morgan fingerprint density at radius 1 is 0.522 bits per heavy atom. The van der Waals surface area contributed by atoms with Gasteiger partial charge in [0.15, 0.2) is 0 Å². The van der Waals surface area contributed by atoms with Gasteiger partial charge < -0.3 is 36.2 Å². The summed E-state index contributed by atoms with van der Waals surface area (Å²) in [5, 5.41) is 14.8. The molecule has 2 heterocycles. The van der Waals surface area contributed by atoms with Gasteiger partial charge in [0.2, 0.25) is 20.0 Å². The average Bonchev–Trinajstić information content (AvgIpc) is 4.03. The molecule has 0 spiro atoms. The second-order valence-electron chi connectivity index (χ2n) is 18.0. The Morgan fingerprint density at radius 2 is 0.870 bits per heavy atom. The molecule has 13 nitrogen and oxygen atoms in total. The van der Waals surface area contributed by atoms with Crippen LogP contribution in [0.1, 0.15) is 111 Å². The molecule has 4 unspecified atom stereocenters. The zero-order chi connectivity index (χ0) is 45.1. The highest BCUT2D eigenvalue weighted by Gasteiger charge is 2.29. The van der Waals surface area contributed by atoms with Crippen molar-refractivity contribution in [1.82, 2.24) is 21.3 Å². The van der Waals surface area contributed by atoms with Gasteiger partial charge in [0, 0.05) is 62.5 Å². The Labute approximate surface area is 437 Å². The van der Waals surface area contributed by atoms with Crippen LogP contribution in [0.2, 0.25) is 0 Å². The SMILES string of the molecule is CN(c1ccc(OC2CCCC2)c(CNC2CCCNC2c2ccccc2)c1)S(C)(=O)=O.CN(c1ccc(OC2CCCC2)c(CNC2CCCNC2c2ccccc2)c1)S(C)(=O)=O.Cl.Cl.Cl.Cl.O. The summed E-state index contributed by atoms with van der Waals surface area (Å²) in [5.41, 5.74) is 5.90. The minimum absolute atomic E-state index is 0. The number of hydrogen-bond donors (Lipinski definition) is 4. The van der Waals surface area contributed by atoms with Gasteiger partial charge in [0.25, 0.3) is 0 Å². The fraction of sp³-hybridized carbons (Fsp3) is 0.520. The quantitative estimate of drug-likeness (QED) is 0.0850. The van der Waals surface area contributed by atoms with Crippen LogP contribution in [0.15, 0.2) is 97.1 Å². The van der Waals surface area contributed by atoms with Crippen molar-refractivity contribution in [3.8, 4) is 11.5 Å². The highest BCUT2D eigenvalue weighted by molar-refractivity contribution is 7.92. The number of anilines is 2. The molecule has 0 aromatic heterocycles. The molecule has 4 aromatic rings. The third kappa shape index (κ3) is 17.6. The van der Waals surface area contributed by atoms with Crippen LogP contribution in [-0.2, 0) is 33.1 Å². The first-order chi connectivity index (χ1) is 30.8. The lowest BCUT2D eigenvalue weighted by Crippen LogP contribution is -2.45. The monoisotopic (exact) mass is 1080 g/mol. The van der Waals surface area contributed by atoms with Gasteiger partial charge in [0.1, 0.15) is 11.5 Å². The van der Waals surface area contributed by atoms with E-state index in [1.807, 2.05) is 48.5 Å². The number of rotatable bonds is 16. The van der Waals surface area contributed by atoms with E-state index in [4.69, 9.17) is 9.47 Å². The summed E-state index contributed by atoms with van der Waals surface area (Å²) in [6, 6.07) is 33.7. The summed E-state index contributed by atoms with van der Waals surface area (Å²) < 4.78 is 63.7. The lowest BCUT2D eigenvalue weighted by atomic mass is 9.92. The molecule has 2 saturated heterocycles. The summed E-state index contributed by atoms with van der Waals surface area (Å²) in [5.74, 6) is 1.71. The Hall–Kier alpha value is -3.06. The van der Waals surface area contributed by atoms with Crippen molar-refractivity contribution in [1.29, 1.82) is 0 Å². The van der Waals surface area contributed by atoms with Crippen LogP contribution in [0.3, 0.4) is 0 Å². The normalized spacial score (nSPS) is 20.5. The molecular weight excluding hydrogens is 1000 g/mol. The van der Waals surface area contributed by atoms with E-state index in [0.717, 1.165) is 87.1 Å². The number of benzene rings is 4. The number of halogens is 4. The summed E-state index contributed by atoms with van der Waals surface area (Å²) in [7, 11) is -3.47. The molecule has 69 heavy (non-hydrogen) atoms. The number of nitrogens with zero attached hydrogens (tertiary/aromatic N) is 2. The number of nitrogens with one attached hydrogen (secondary N) is 4. The number of ether oxygens (including phenoxy) is 2. The molecule has 4 aromatic carbocycles. The van der Waals surface area contributed by atoms with Crippen LogP contribution in [0, 0.1) is 0 Å². The van der Waals surface area contributed by atoms with Gasteiger partial charge >= 0.3 is 0 Å². The Kier molecular flexibility index (Phi) is 26.5. The molecule has 0 bridgehead atoms. The predicted molar refractivity (Wildman–Crippen MR) is 292 cm³/mol. The van der Waals surface area contributed by atoms with Crippen molar-refractivity contribution in [2.24, 2.45) is 0 Å². The highest BCUT2D eigenvalue weighted by atomic mass is 35.5. The van der Waals surface area contributed by atoms with E-state index in [9.17, 15) is 16.8 Å². The standard InChI is InChI=1S/2C25H35N3O3S.4ClH.H2O/c2*1-28(32(2,29)30)21-14-15-24(31-22-11-6-7-12-22)20(17-21)18-27-23-13-8-16-26-25(23)19-9-4-3-5-10-19;;;;;/h2*3-5,9-10,14-15,17,22-23,25-27H,6-8,11-13,16,18H2,1-2H3;4*1H;1H2. The molecule has 4 atom stereocenters. The zero-order valence-electron chi connectivity index (χ0n) is 40.3. The third-order valence-corrected chi connectivity index (χ3v) is 15.8. The fourth-order valence-corrected chi connectivity index (χ4v) is 10.5. The van der Waals surface area contributed by atoms with Crippen LogP contribution in [0.4, 0.5) is 11.4 Å². The van der Waals surface area contributed by atoms with Gasteiger partial charge in [-0.1, -0.05) is 60.7 Å². The highest BCUT2D eigenvalue weighted by Crippen LogP contribution is 2.33. The van der Waals surface area contributed by atoms with E-state index < -0.39 is 20.0 Å². The largest absolute Gasteiger partial charge is 0.490 e. The number of hydrogen-bond acceptors (Lipinski definition) is 10. The van der Waals surface area contributed by atoms with Crippen molar-refractivity contribution in [3.05, 3.63) is 119 Å². The average molecular weight is 1080 g/mol. The van der Waals surface area contributed by atoms with E-state index in [2.05, 4.69) is 69.8 Å². The second kappa shape index (κ2) is 29.5. The molecule has 2 aliphatic carbocycles. The number of piperidine rings is 2. The molecule has 6 N–H and O–H groups in total. The molecule has 0 radical (unpaired) electrons. The molecule has 2 saturated carbocycles. The van der Waals surface area contributed by atoms with Gasteiger partial charge in [-0.25, -0.2) is 16.8 Å². The summed E-state index contributed by atoms with van der Waals surface area (Å²) in [4.78, 5) is 0. The first-order valence-corrected chi connectivity index (χ1v) is 27.0. The van der Waals surface area contributed by atoms with Gasteiger partial charge in [-0.05, 0) is 138 Å². The van der Waals surface area contributed by atoms with Crippen molar-refractivity contribution < 1.29 is 31.8 Å². The zero-order valence-corrected chi connectivity index (χ0v) is 45.2. The molecule has 4 aliphatic rings. The van der Waals surface area contributed by atoms with E-state index in [1.165, 1.54) is 57.9 Å². The minimum atomic E-state index is -3.33. The second-order valence-corrected chi connectivity index (χ2v) is 22.1. The summed E-state index contributed by atoms with van der Waals surface area (Å²) in [6.07, 6.45) is 16.6. The van der Waals surface area contributed by atoms with Crippen LogP contribution < -0.4 is 39.4 Å². The first kappa shape index (κ1) is 62.1. The summed E-state index contributed by atoms with van der Waals surface area (Å²) >= 11 is 0. The van der Waals surface area contributed by atoms with Crippen molar-refractivity contribution in [2.75, 3.05) is 48.3 Å². The minimum Gasteiger partial charge on any atom is -0.490 e. The topological polar surface area (TPSA) is 173 Å². The van der Waals surface area contributed by atoms with Gasteiger partial charge in [-0.15, -0.1) is 49.6 Å². The van der Waals surface area contributed by atoms with Crippen molar-refractivity contribution >= 4 is 81.0 Å². The first-order valence-electron chi connectivity index (χ1n) is 23.3. The Bertz CT molecular complexity index is 2170. The van der Waals surface area contributed by atoms with E-state index in [1.54, 1.807) is 14.1 Å². The van der Waals surface area contributed by atoms with E-state index >= 15 is 0 Å². The molecular formula is C50H76Cl4N6O7S2. The fourth-order valence-electron chi connectivity index (χ4n) is 9.50. The molecule has 8 rings (SSSR count). The van der Waals surface area contributed by atoms with E-state index in [-0.39, 0.29) is 79.4 Å². The molecule has 388 valence electrons. The van der Waals surface area contributed by atoms with Crippen LogP contribution in [0.5, 0.6) is 11.5 Å². The maximum atomic E-state index is 12.1. The molecule has 0 amide bonds. The lowest BCUT2D eigenvalue weighted by Gasteiger charge is -2.34. The molecule has 19 heteroatoms. The van der Waals surface area contributed by atoms with Crippen LogP contribution in [-0.4, -0.2) is 86.3 Å². The molecule has 4 fully saturated rings. The maximum absolute atomic E-state index is 12.1. The van der Waals surface area contributed by atoms with Gasteiger partial charge in [-0.3, -0.25) is 8.61 Å². The van der Waals surface area contributed by atoms with Gasteiger partial charge in [0.05, 0.1) is 36.1 Å². The van der Waals surface area contributed by atoms with Gasteiger partial charge in [-0.2, -0.15) is 0 Å².